The van der Waals surface area contributed by atoms with E-state index in [1.54, 1.807) is 24.3 Å². The minimum atomic E-state index is -3.86. The van der Waals surface area contributed by atoms with Crippen LogP contribution in [-0.2, 0) is 26.2 Å². The summed E-state index contributed by atoms with van der Waals surface area (Å²) in [5.74, 6) is -0.755. The number of hydrogen-bond donors (Lipinski definition) is 1. The molecule has 0 bridgehead atoms. The van der Waals surface area contributed by atoms with Gasteiger partial charge < -0.3 is 9.15 Å². The van der Waals surface area contributed by atoms with Gasteiger partial charge in [0.2, 0.25) is 10.0 Å². The third-order valence-corrected chi connectivity index (χ3v) is 6.18. The maximum atomic E-state index is 12.3. The fourth-order valence-corrected chi connectivity index (χ4v) is 4.08. The van der Waals surface area contributed by atoms with Crippen molar-refractivity contribution in [2.75, 3.05) is 0 Å². The highest BCUT2D eigenvalue weighted by molar-refractivity contribution is 7.89. The first-order chi connectivity index (χ1) is 13.7. The van der Waals surface area contributed by atoms with Crippen LogP contribution >= 0.6 is 0 Å². The van der Waals surface area contributed by atoms with Crippen molar-refractivity contribution in [3.8, 4) is 0 Å². The summed E-state index contributed by atoms with van der Waals surface area (Å²) in [6.07, 6.45) is 0. The van der Waals surface area contributed by atoms with Crippen LogP contribution in [0, 0.1) is 13.8 Å². The summed E-state index contributed by atoms with van der Waals surface area (Å²) in [4.78, 5) is 24.3. The number of esters is 1. The van der Waals surface area contributed by atoms with Gasteiger partial charge in [-0.2, -0.15) is 4.72 Å². The number of carbonyl (C=O) groups is 1. The number of rotatable bonds is 6. The Balaban J connectivity index is 1.76. The predicted octanol–water partition coefficient (Wildman–Crippen LogP) is 2.82. The molecule has 0 unspecified atom stereocenters. The van der Waals surface area contributed by atoms with Gasteiger partial charge in [0.25, 0.3) is 0 Å². The third kappa shape index (κ3) is 4.55. The zero-order valence-electron chi connectivity index (χ0n) is 16.3. The van der Waals surface area contributed by atoms with Crippen molar-refractivity contribution < 1.29 is 22.4 Å². The highest BCUT2D eigenvalue weighted by Gasteiger charge is 2.23. The Bertz CT molecular complexity index is 1220. The van der Waals surface area contributed by atoms with Crippen LogP contribution < -0.4 is 10.3 Å². The maximum absolute atomic E-state index is 12.3. The summed E-state index contributed by atoms with van der Waals surface area (Å²) in [5, 5.41) is 0.665. The van der Waals surface area contributed by atoms with E-state index in [9.17, 15) is 18.0 Å². The van der Waals surface area contributed by atoms with Crippen LogP contribution in [-0.4, -0.2) is 20.4 Å². The Morgan fingerprint density at radius 2 is 1.83 bits per heavy atom. The van der Waals surface area contributed by atoms with Crippen LogP contribution in [0.3, 0.4) is 0 Å². The van der Waals surface area contributed by atoms with Gasteiger partial charge in [0.05, 0.1) is 4.90 Å². The fourth-order valence-electron chi connectivity index (χ4n) is 2.87. The number of ether oxygens (including phenoxy) is 1. The molecule has 1 heterocycles. The van der Waals surface area contributed by atoms with E-state index in [-0.39, 0.29) is 11.5 Å². The molecule has 0 aliphatic heterocycles. The monoisotopic (exact) mass is 415 g/mol. The van der Waals surface area contributed by atoms with Gasteiger partial charge in [0, 0.05) is 17.0 Å². The molecule has 2 aromatic carbocycles. The van der Waals surface area contributed by atoms with Crippen LogP contribution in [0.4, 0.5) is 0 Å². The largest absolute Gasteiger partial charge is 0.460 e. The Morgan fingerprint density at radius 3 is 2.52 bits per heavy atom. The second-order valence-corrected chi connectivity index (χ2v) is 8.45. The summed E-state index contributed by atoms with van der Waals surface area (Å²) in [6.45, 7) is 4.97. The molecule has 8 heteroatoms. The summed E-state index contributed by atoms with van der Waals surface area (Å²) in [7, 11) is -3.86. The predicted molar refractivity (Wildman–Crippen MR) is 108 cm³/mol. The Labute approximate surface area is 168 Å². The fraction of sp³-hybridized carbons (Fsp3) is 0.238. The second-order valence-electron chi connectivity index (χ2n) is 6.74. The Hall–Kier alpha value is -2.97. The topological polar surface area (TPSA) is 103 Å². The van der Waals surface area contributed by atoms with Crippen LogP contribution in [0.5, 0.6) is 0 Å². The maximum Gasteiger partial charge on any atom is 0.336 e. The van der Waals surface area contributed by atoms with E-state index in [1.165, 1.54) is 25.1 Å². The van der Waals surface area contributed by atoms with Gasteiger partial charge >= 0.3 is 11.6 Å². The van der Waals surface area contributed by atoms with Crippen molar-refractivity contribution in [1.29, 1.82) is 0 Å². The summed E-state index contributed by atoms with van der Waals surface area (Å²) >= 11 is 0. The minimum absolute atomic E-state index is 0.0529. The first-order valence-corrected chi connectivity index (χ1v) is 10.4. The van der Waals surface area contributed by atoms with E-state index in [0.717, 1.165) is 11.1 Å². The molecule has 0 spiro atoms. The molecule has 1 aromatic heterocycles. The zero-order valence-corrected chi connectivity index (χ0v) is 17.1. The smallest absolute Gasteiger partial charge is 0.336 e. The van der Waals surface area contributed by atoms with Crippen molar-refractivity contribution in [2.45, 2.75) is 38.3 Å². The number of carbonyl (C=O) groups excluding carboxylic acids is 1. The molecule has 7 nitrogen and oxygen atoms in total. The standard InChI is InChI=1S/C21H21NO6S/c1-13-9-10-18-16(11-19(23)28-20(18)14(13)2)12-27-21(24)15(3)22-29(25,26)17-7-5-4-6-8-17/h4-11,15,22H,12H2,1-3H3/t15-/m0/s1. The van der Waals surface area contributed by atoms with Crippen LogP contribution in [0.25, 0.3) is 11.0 Å². The third-order valence-electron chi connectivity index (χ3n) is 4.63. The number of benzene rings is 2. The molecule has 0 amide bonds. The van der Waals surface area contributed by atoms with Crippen LogP contribution in [0.1, 0.15) is 23.6 Å². The Morgan fingerprint density at radius 1 is 1.14 bits per heavy atom. The molecule has 152 valence electrons. The average molecular weight is 415 g/mol. The van der Waals surface area contributed by atoms with Crippen molar-refractivity contribution >= 4 is 27.0 Å². The molecular weight excluding hydrogens is 394 g/mol. The summed E-state index contributed by atoms with van der Waals surface area (Å²) < 4.78 is 37.5. The van der Waals surface area contributed by atoms with Crippen molar-refractivity contribution in [3.05, 3.63) is 75.6 Å². The molecular formula is C21H21NO6S. The van der Waals surface area contributed by atoms with Gasteiger partial charge in [-0.3, -0.25) is 4.79 Å². The van der Waals surface area contributed by atoms with Crippen LogP contribution in [0.2, 0.25) is 0 Å². The molecule has 1 N–H and O–H groups in total. The van der Waals surface area contributed by atoms with Gasteiger partial charge in [0.1, 0.15) is 18.2 Å². The quantitative estimate of drug-likeness (QED) is 0.491. The minimum Gasteiger partial charge on any atom is -0.460 e. The highest BCUT2D eigenvalue weighted by Crippen LogP contribution is 2.23. The molecule has 0 aliphatic rings. The van der Waals surface area contributed by atoms with E-state index in [4.69, 9.17) is 9.15 Å². The lowest BCUT2D eigenvalue weighted by atomic mass is 10.0. The summed E-state index contributed by atoms with van der Waals surface area (Å²) in [5.41, 5.74) is 2.19. The molecule has 29 heavy (non-hydrogen) atoms. The van der Waals surface area contributed by atoms with E-state index in [1.807, 2.05) is 19.9 Å². The molecule has 1 atom stereocenters. The number of nitrogens with one attached hydrogen (secondary N) is 1. The number of sulfonamides is 1. The molecule has 0 saturated carbocycles. The van der Waals surface area contributed by atoms with Crippen molar-refractivity contribution in [2.24, 2.45) is 0 Å². The molecule has 0 radical (unpaired) electrons. The normalized spacial score (nSPS) is 12.7. The lowest BCUT2D eigenvalue weighted by Crippen LogP contribution is -2.39. The first-order valence-electron chi connectivity index (χ1n) is 8.96. The molecule has 0 fully saturated rings. The SMILES string of the molecule is Cc1ccc2c(COC(=O)[C@H](C)NS(=O)(=O)c3ccccc3)cc(=O)oc2c1C. The first kappa shape index (κ1) is 20.8. The molecule has 3 aromatic rings. The number of hydrogen-bond acceptors (Lipinski definition) is 6. The Kier molecular flexibility index (Phi) is 5.86. The zero-order chi connectivity index (χ0) is 21.2. The number of aryl methyl sites for hydroxylation is 2. The number of fused-ring (bicyclic) bond motifs is 1. The van der Waals surface area contributed by atoms with Crippen molar-refractivity contribution in [1.82, 2.24) is 4.72 Å². The second kappa shape index (κ2) is 8.18. The van der Waals surface area contributed by atoms with E-state index < -0.39 is 27.7 Å². The average Bonchev–Trinajstić information content (AvgIpc) is 2.69. The van der Waals surface area contributed by atoms with Gasteiger partial charge in [-0.1, -0.05) is 30.3 Å². The van der Waals surface area contributed by atoms with Gasteiger partial charge in [-0.25, -0.2) is 13.2 Å². The lowest BCUT2D eigenvalue weighted by molar-refractivity contribution is -0.146. The molecule has 0 aliphatic carbocycles. The van der Waals surface area contributed by atoms with E-state index in [2.05, 4.69) is 4.72 Å². The van der Waals surface area contributed by atoms with Gasteiger partial charge in [-0.05, 0) is 44.0 Å². The van der Waals surface area contributed by atoms with Crippen molar-refractivity contribution in [3.63, 3.8) is 0 Å². The van der Waals surface area contributed by atoms with Gasteiger partial charge in [-0.15, -0.1) is 0 Å². The lowest BCUT2D eigenvalue weighted by Gasteiger charge is -2.14. The summed E-state index contributed by atoms with van der Waals surface area (Å²) in [6, 6.07) is 11.6. The van der Waals surface area contributed by atoms with E-state index >= 15 is 0 Å². The van der Waals surface area contributed by atoms with Gasteiger partial charge in [0.15, 0.2) is 0 Å². The molecule has 3 rings (SSSR count). The molecule has 0 saturated heterocycles. The van der Waals surface area contributed by atoms with E-state index in [0.29, 0.717) is 16.5 Å². The highest BCUT2D eigenvalue weighted by atomic mass is 32.2. The van der Waals surface area contributed by atoms with Crippen LogP contribution in [0.15, 0.2) is 62.6 Å².